The van der Waals surface area contributed by atoms with E-state index < -0.39 is 20.5 Å². The first kappa shape index (κ1) is 29.2. The van der Waals surface area contributed by atoms with Gasteiger partial charge < -0.3 is 14.6 Å². The first-order valence-electron chi connectivity index (χ1n) is 11.7. The molecule has 0 radical (unpaired) electrons. The molecule has 0 spiro atoms. The third-order valence-electron chi connectivity index (χ3n) is 5.75. The molecule has 0 aliphatic heterocycles. The quantitative estimate of drug-likeness (QED) is 0.138. The maximum atomic E-state index is 11.0. The average Bonchev–Trinajstić information content (AvgIpc) is 2.79. The van der Waals surface area contributed by atoms with Crippen molar-refractivity contribution in [1.29, 1.82) is 0 Å². The van der Waals surface area contributed by atoms with E-state index in [1.807, 2.05) is 12.1 Å². The lowest BCUT2D eigenvalue weighted by Gasteiger charge is -2.43. The largest absolute Gasteiger partial charge is 0.406 e. The van der Waals surface area contributed by atoms with Crippen LogP contribution in [0.4, 0.5) is 0 Å². The molecule has 0 bridgehead atoms. The van der Waals surface area contributed by atoms with E-state index in [-0.39, 0.29) is 13.5 Å². The van der Waals surface area contributed by atoms with E-state index in [4.69, 9.17) is 4.43 Å². The maximum absolute atomic E-state index is 11.0. The van der Waals surface area contributed by atoms with Crippen LogP contribution in [0.1, 0.15) is 41.0 Å². The van der Waals surface area contributed by atoms with Gasteiger partial charge in [-0.2, -0.15) is 0 Å². The monoisotopic (exact) mass is 618 g/mol. The van der Waals surface area contributed by atoms with Crippen LogP contribution in [0, 0.1) is 0 Å². The lowest BCUT2D eigenvalue weighted by atomic mass is 10.1. The Morgan fingerprint density at radius 3 is 1.70 bits per heavy atom. The summed E-state index contributed by atoms with van der Waals surface area (Å²) in [7, 11) is -2.63. The van der Waals surface area contributed by atoms with Crippen LogP contribution in [0.2, 0.25) is 5.04 Å². The van der Waals surface area contributed by atoms with E-state index in [9.17, 15) is 10.2 Å². The maximum Gasteiger partial charge on any atom is 0.261 e. The van der Waals surface area contributed by atoms with Crippen LogP contribution < -0.4 is 10.4 Å². The van der Waals surface area contributed by atoms with Crippen molar-refractivity contribution in [2.24, 2.45) is 0 Å². The van der Waals surface area contributed by atoms with Gasteiger partial charge >= 0.3 is 0 Å². The fourth-order valence-electron chi connectivity index (χ4n) is 4.18. The Balaban J connectivity index is 2.25. The Kier molecular flexibility index (Phi) is 12.3. The molecule has 184 valence electrons. The summed E-state index contributed by atoms with van der Waals surface area (Å²) in [5.74, 6) is 1.91. The second kappa shape index (κ2) is 13.9. The summed E-state index contributed by atoms with van der Waals surface area (Å²) in [6.45, 7) is 11.4. The zero-order valence-corrected chi connectivity index (χ0v) is 25.2. The summed E-state index contributed by atoms with van der Waals surface area (Å²) in [6, 6.07) is 21.1. The van der Waals surface area contributed by atoms with Gasteiger partial charge in [-0.3, -0.25) is 0 Å². The Hall–Kier alpha value is -0.0331. The molecule has 0 amide bonds. The standard InChI is InChI=1S/C26H39IO3S2Si/c1-6-31-25(32-7-2)24(29)18-23(28)22(27)19-30-33(26(3,4)5,20-14-10-8-11-15-20)21-16-12-9-13-17-21/h8-17,22-25,28-29H,6-7,18-19H2,1-5H3/t22?,23-,24+/m1/s1. The van der Waals surface area contributed by atoms with Gasteiger partial charge in [-0.25, -0.2) is 0 Å². The van der Waals surface area contributed by atoms with E-state index in [1.54, 1.807) is 23.5 Å². The highest BCUT2D eigenvalue weighted by Crippen LogP contribution is 2.37. The molecule has 1 unspecified atom stereocenters. The predicted molar refractivity (Wildman–Crippen MR) is 158 cm³/mol. The topological polar surface area (TPSA) is 49.7 Å². The van der Waals surface area contributed by atoms with Gasteiger partial charge in [-0.1, -0.05) is 118 Å². The fourth-order valence-corrected chi connectivity index (χ4v) is 12.1. The number of hydrogen-bond acceptors (Lipinski definition) is 5. The molecular formula is C26H39IO3S2Si. The highest BCUT2D eigenvalue weighted by molar-refractivity contribution is 14.1. The number of aliphatic hydroxyl groups excluding tert-OH is 2. The van der Waals surface area contributed by atoms with Crippen LogP contribution in [-0.4, -0.2) is 57.4 Å². The molecule has 3 atom stereocenters. The summed E-state index contributed by atoms with van der Waals surface area (Å²) in [4.78, 5) is 0. The van der Waals surface area contributed by atoms with Gasteiger partial charge in [-0.15, -0.1) is 23.5 Å². The van der Waals surface area contributed by atoms with Crippen molar-refractivity contribution in [2.75, 3.05) is 18.1 Å². The molecule has 0 aliphatic rings. The molecular weight excluding hydrogens is 579 g/mol. The summed E-state index contributed by atoms with van der Waals surface area (Å²) >= 11 is 5.80. The van der Waals surface area contributed by atoms with Crippen molar-refractivity contribution in [2.45, 2.75) is 66.8 Å². The zero-order chi connectivity index (χ0) is 24.5. The van der Waals surface area contributed by atoms with Crippen molar-refractivity contribution >= 4 is 64.8 Å². The van der Waals surface area contributed by atoms with Gasteiger partial charge in [0.2, 0.25) is 0 Å². The summed E-state index contributed by atoms with van der Waals surface area (Å²) in [5, 5.41) is 24.1. The van der Waals surface area contributed by atoms with Crippen molar-refractivity contribution in [3.63, 3.8) is 0 Å². The Labute approximate surface area is 223 Å². The lowest BCUT2D eigenvalue weighted by molar-refractivity contribution is 0.0805. The molecule has 2 N–H and O–H groups in total. The molecule has 7 heteroatoms. The van der Waals surface area contributed by atoms with Gasteiger partial charge in [-0.05, 0) is 26.9 Å². The minimum absolute atomic E-state index is 0.0934. The second-order valence-corrected chi connectivity index (χ2v) is 18.2. The molecule has 0 aliphatic carbocycles. The number of alkyl halides is 1. The predicted octanol–water partition coefficient (Wildman–Crippen LogP) is 5.31. The highest BCUT2D eigenvalue weighted by atomic mass is 127. The number of rotatable bonds is 13. The van der Waals surface area contributed by atoms with Crippen LogP contribution >= 0.6 is 46.1 Å². The molecule has 0 fully saturated rings. The Morgan fingerprint density at radius 2 is 1.30 bits per heavy atom. The molecule has 0 aromatic heterocycles. The third kappa shape index (κ3) is 7.72. The van der Waals surface area contributed by atoms with Gasteiger partial charge in [0.05, 0.1) is 20.7 Å². The van der Waals surface area contributed by atoms with Gasteiger partial charge in [0.15, 0.2) is 0 Å². The van der Waals surface area contributed by atoms with Crippen molar-refractivity contribution in [1.82, 2.24) is 0 Å². The molecule has 0 saturated heterocycles. The van der Waals surface area contributed by atoms with Crippen LogP contribution in [0.25, 0.3) is 0 Å². The first-order chi connectivity index (χ1) is 15.7. The Morgan fingerprint density at radius 1 is 0.848 bits per heavy atom. The first-order valence-corrected chi connectivity index (χ1v) is 16.9. The average molecular weight is 619 g/mol. The summed E-state index contributed by atoms with van der Waals surface area (Å²) < 4.78 is 6.95. The van der Waals surface area contributed by atoms with Crippen molar-refractivity contribution < 1.29 is 14.6 Å². The van der Waals surface area contributed by atoms with E-state index >= 15 is 0 Å². The minimum Gasteiger partial charge on any atom is -0.406 e. The molecule has 2 aromatic carbocycles. The third-order valence-corrected chi connectivity index (χ3v) is 14.7. The van der Waals surface area contributed by atoms with Crippen LogP contribution in [-0.2, 0) is 4.43 Å². The van der Waals surface area contributed by atoms with Crippen LogP contribution in [0.5, 0.6) is 0 Å². The fraction of sp³-hybridized carbons (Fsp3) is 0.538. The number of thioether (sulfide) groups is 2. The molecule has 3 nitrogen and oxygen atoms in total. The van der Waals surface area contributed by atoms with Crippen molar-refractivity contribution in [3.05, 3.63) is 60.7 Å². The van der Waals surface area contributed by atoms with Gasteiger partial charge in [0.1, 0.15) is 0 Å². The minimum atomic E-state index is -2.63. The van der Waals surface area contributed by atoms with E-state index in [1.165, 1.54) is 10.4 Å². The number of aliphatic hydroxyl groups is 2. The normalized spacial score (nSPS) is 15.4. The van der Waals surface area contributed by atoms with Gasteiger partial charge in [0.25, 0.3) is 8.32 Å². The SMILES string of the molecule is CCSC(SCC)[C@@H](O)C[C@@H](O)C(I)CO[Si](c1ccccc1)(c1ccccc1)C(C)(C)C. The van der Waals surface area contributed by atoms with Crippen LogP contribution in [0.3, 0.4) is 0 Å². The van der Waals surface area contributed by atoms with E-state index in [2.05, 4.69) is 106 Å². The second-order valence-electron chi connectivity index (χ2n) is 9.14. The number of halogens is 1. The van der Waals surface area contributed by atoms with Gasteiger partial charge in [0, 0.05) is 13.0 Å². The summed E-state index contributed by atoms with van der Waals surface area (Å²) in [6.07, 6.45) is -0.807. The molecule has 0 heterocycles. The molecule has 2 aromatic rings. The Bertz CT molecular complexity index is 759. The van der Waals surface area contributed by atoms with Crippen molar-refractivity contribution in [3.8, 4) is 0 Å². The lowest BCUT2D eigenvalue weighted by Crippen LogP contribution is -2.67. The molecule has 2 rings (SSSR count). The number of hydrogen-bond donors (Lipinski definition) is 2. The zero-order valence-electron chi connectivity index (χ0n) is 20.4. The number of benzene rings is 2. The van der Waals surface area contributed by atoms with E-state index in [0.29, 0.717) is 13.0 Å². The summed E-state index contributed by atoms with van der Waals surface area (Å²) in [5.41, 5.74) is 0. The smallest absolute Gasteiger partial charge is 0.261 e. The molecule has 33 heavy (non-hydrogen) atoms. The van der Waals surface area contributed by atoms with E-state index in [0.717, 1.165) is 11.5 Å². The molecule has 0 saturated carbocycles. The highest BCUT2D eigenvalue weighted by Gasteiger charge is 2.50. The van der Waals surface area contributed by atoms with Crippen LogP contribution in [0.15, 0.2) is 60.7 Å².